The third-order valence-electron chi connectivity index (χ3n) is 3.84. The van der Waals surface area contributed by atoms with Crippen molar-refractivity contribution in [2.24, 2.45) is 0 Å². The summed E-state index contributed by atoms with van der Waals surface area (Å²) in [6.07, 6.45) is 6.37. The summed E-state index contributed by atoms with van der Waals surface area (Å²) < 4.78 is 11.4. The van der Waals surface area contributed by atoms with Crippen molar-refractivity contribution in [1.29, 1.82) is 0 Å². The lowest BCUT2D eigenvalue weighted by molar-refractivity contribution is 0.0846. The van der Waals surface area contributed by atoms with Crippen LogP contribution < -0.4 is 20.3 Å². The predicted molar refractivity (Wildman–Crippen MR) is 105 cm³/mol. The first kappa shape index (κ1) is 19.8. The number of nitrogens with one attached hydrogen (secondary N) is 2. The summed E-state index contributed by atoms with van der Waals surface area (Å²) in [4.78, 5) is 32.3. The number of amides is 2. The first-order chi connectivity index (χ1) is 14.2. The Kier molecular flexibility index (Phi) is 6.72. The number of carbonyl (C=O) groups excluding carboxylic acids is 2. The number of ether oxygens (including phenoxy) is 2. The van der Waals surface area contributed by atoms with Gasteiger partial charge in [-0.3, -0.25) is 30.4 Å². The fourth-order valence-corrected chi connectivity index (χ4v) is 2.44. The van der Waals surface area contributed by atoms with Crippen molar-refractivity contribution >= 4 is 11.8 Å². The maximum absolute atomic E-state index is 12.4. The Bertz CT molecular complexity index is 965. The molecule has 0 spiro atoms. The van der Waals surface area contributed by atoms with Gasteiger partial charge in [0.25, 0.3) is 11.8 Å². The molecule has 0 saturated heterocycles. The molecule has 3 aromatic rings. The predicted octanol–water partition coefficient (Wildman–Crippen LogP) is 2.53. The summed E-state index contributed by atoms with van der Waals surface area (Å²) in [5, 5.41) is 0. The van der Waals surface area contributed by atoms with Gasteiger partial charge in [0.05, 0.1) is 12.2 Å². The van der Waals surface area contributed by atoms with Crippen LogP contribution in [0.5, 0.6) is 11.5 Å². The van der Waals surface area contributed by atoms with Crippen LogP contribution in [0.3, 0.4) is 0 Å². The average Bonchev–Trinajstić information content (AvgIpc) is 2.78. The number of aromatic nitrogens is 2. The molecule has 0 bridgehead atoms. The van der Waals surface area contributed by atoms with Gasteiger partial charge in [-0.2, -0.15) is 0 Å². The molecule has 0 saturated carbocycles. The van der Waals surface area contributed by atoms with Gasteiger partial charge in [-0.1, -0.05) is 6.07 Å². The van der Waals surface area contributed by atoms with Crippen LogP contribution in [0.15, 0.2) is 67.3 Å². The van der Waals surface area contributed by atoms with Crippen LogP contribution in [-0.4, -0.2) is 28.4 Å². The van der Waals surface area contributed by atoms with E-state index in [2.05, 4.69) is 20.8 Å². The zero-order valence-corrected chi connectivity index (χ0v) is 15.8. The Morgan fingerprint density at radius 2 is 1.59 bits per heavy atom. The van der Waals surface area contributed by atoms with Gasteiger partial charge in [0.15, 0.2) is 11.5 Å². The second-order valence-electron chi connectivity index (χ2n) is 5.89. The molecule has 3 rings (SSSR count). The molecular formula is C21H20N4O4. The van der Waals surface area contributed by atoms with Crippen LogP contribution in [0.2, 0.25) is 0 Å². The lowest BCUT2D eigenvalue weighted by Crippen LogP contribution is -2.41. The normalized spacial score (nSPS) is 10.1. The molecule has 2 N–H and O–H groups in total. The molecule has 8 nitrogen and oxygen atoms in total. The molecule has 2 heterocycles. The Hall–Kier alpha value is -3.94. The van der Waals surface area contributed by atoms with Crippen LogP contribution in [0.4, 0.5) is 0 Å². The largest absolute Gasteiger partial charge is 0.490 e. The topological polar surface area (TPSA) is 102 Å². The van der Waals surface area contributed by atoms with E-state index in [0.717, 1.165) is 5.56 Å². The number of pyridine rings is 2. The first-order valence-corrected chi connectivity index (χ1v) is 8.96. The monoisotopic (exact) mass is 392 g/mol. The minimum atomic E-state index is -0.484. The van der Waals surface area contributed by atoms with Crippen molar-refractivity contribution in [3.8, 4) is 11.5 Å². The quantitative estimate of drug-likeness (QED) is 0.599. The third kappa shape index (κ3) is 5.52. The van der Waals surface area contributed by atoms with Crippen molar-refractivity contribution in [3.63, 3.8) is 0 Å². The van der Waals surface area contributed by atoms with E-state index in [9.17, 15) is 9.59 Å². The molecule has 0 atom stereocenters. The molecule has 1 aromatic carbocycles. The Morgan fingerprint density at radius 1 is 0.862 bits per heavy atom. The molecule has 148 valence electrons. The Morgan fingerprint density at radius 3 is 2.24 bits per heavy atom. The van der Waals surface area contributed by atoms with E-state index in [1.165, 1.54) is 6.20 Å². The maximum Gasteiger partial charge on any atom is 0.271 e. The number of benzene rings is 1. The molecule has 0 aliphatic carbocycles. The minimum Gasteiger partial charge on any atom is -0.490 e. The van der Waals surface area contributed by atoms with Crippen molar-refractivity contribution in [2.45, 2.75) is 13.5 Å². The van der Waals surface area contributed by atoms with Crippen molar-refractivity contribution < 1.29 is 19.1 Å². The van der Waals surface area contributed by atoms with Crippen molar-refractivity contribution in [2.75, 3.05) is 6.61 Å². The number of hydrogen-bond acceptors (Lipinski definition) is 6. The van der Waals surface area contributed by atoms with Crippen LogP contribution in [0, 0.1) is 0 Å². The van der Waals surface area contributed by atoms with Crippen molar-refractivity contribution in [1.82, 2.24) is 20.8 Å². The van der Waals surface area contributed by atoms with E-state index in [1.54, 1.807) is 48.9 Å². The Balaban J connectivity index is 1.65. The fourth-order valence-electron chi connectivity index (χ4n) is 2.44. The highest BCUT2D eigenvalue weighted by Gasteiger charge is 2.13. The van der Waals surface area contributed by atoms with Crippen LogP contribution in [0.1, 0.15) is 33.2 Å². The highest BCUT2D eigenvalue weighted by molar-refractivity contribution is 5.99. The van der Waals surface area contributed by atoms with E-state index in [4.69, 9.17) is 9.47 Å². The van der Waals surface area contributed by atoms with Gasteiger partial charge in [0.1, 0.15) is 6.61 Å². The van der Waals surface area contributed by atoms with Gasteiger partial charge in [0.2, 0.25) is 0 Å². The minimum absolute atomic E-state index is 0.314. The maximum atomic E-state index is 12.4. The summed E-state index contributed by atoms with van der Waals surface area (Å²) in [6, 6.07) is 11.8. The number of rotatable bonds is 7. The van der Waals surface area contributed by atoms with Gasteiger partial charge < -0.3 is 9.47 Å². The number of hydrazine groups is 1. The summed E-state index contributed by atoms with van der Waals surface area (Å²) >= 11 is 0. The van der Waals surface area contributed by atoms with Crippen molar-refractivity contribution in [3.05, 3.63) is 83.9 Å². The van der Waals surface area contributed by atoms with Gasteiger partial charge in [-0.25, -0.2) is 0 Å². The van der Waals surface area contributed by atoms with Gasteiger partial charge in [-0.05, 0) is 43.3 Å². The van der Waals surface area contributed by atoms with E-state index < -0.39 is 11.8 Å². The molecule has 2 amide bonds. The first-order valence-electron chi connectivity index (χ1n) is 8.96. The van der Waals surface area contributed by atoms with Gasteiger partial charge in [-0.15, -0.1) is 0 Å². The summed E-state index contributed by atoms with van der Waals surface area (Å²) in [7, 11) is 0. The highest BCUT2D eigenvalue weighted by atomic mass is 16.5. The number of hydrogen-bond donors (Lipinski definition) is 2. The van der Waals surface area contributed by atoms with E-state index in [-0.39, 0.29) is 0 Å². The van der Waals surface area contributed by atoms with Crippen LogP contribution in [-0.2, 0) is 6.61 Å². The standard InChI is InChI=1S/C21H20N4O4/c1-2-28-19-11-16(7-8-18(19)29-14-15-5-3-9-22-12-15)20(26)24-25-21(27)17-6-4-10-23-13-17/h3-13H,2,14H2,1H3,(H,24,26)(H,25,27). The third-order valence-corrected chi connectivity index (χ3v) is 3.84. The molecule has 29 heavy (non-hydrogen) atoms. The molecule has 2 aromatic heterocycles. The number of carbonyl (C=O) groups is 2. The molecule has 8 heteroatoms. The van der Waals surface area contributed by atoms with Gasteiger partial charge >= 0.3 is 0 Å². The second-order valence-corrected chi connectivity index (χ2v) is 5.89. The molecule has 0 radical (unpaired) electrons. The van der Waals surface area contributed by atoms with E-state index in [0.29, 0.717) is 35.8 Å². The molecular weight excluding hydrogens is 372 g/mol. The van der Waals surface area contributed by atoms with Crippen LogP contribution >= 0.6 is 0 Å². The second kappa shape index (κ2) is 9.84. The SMILES string of the molecule is CCOc1cc(C(=O)NNC(=O)c2cccnc2)ccc1OCc1cccnc1. The van der Waals surface area contributed by atoms with E-state index >= 15 is 0 Å². The smallest absolute Gasteiger partial charge is 0.271 e. The van der Waals surface area contributed by atoms with Crippen LogP contribution in [0.25, 0.3) is 0 Å². The highest BCUT2D eigenvalue weighted by Crippen LogP contribution is 2.29. The summed E-state index contributed by atoms with van der Waals surface area (Å²) in [6.45, 7) is 2.57. The zero-order chi connectivity index (χ0) is 20.5. The number of nitrogens with zero attached hydrogens (tertiary/aromatic N) is 2. The molecule has 0 unspecified atom stereocenters. The summed E-state index contributed by atoms with van der Waals surface area (Å²) in [5.74, 6) is -0.0100. The molecule has 0 aliphatic heterocycles. The molecule has 0 fully saturated rings. The fraction of sp³-hybridized carbons (Fsp3) is 0.143. The Labute approximate surface area is 167 Å². The average molecular weight is 392 g/mol. The lowest BCUT2D eigenvalue weighted by atomic mass is 10.2. The van der Waals surface area contributed by atoms with Gasteiger partial charge in [0, 0.05) is 35.9 Å². The lowest BCUT2D eigenvalue weighted by Gasteiger charge is -2.14. The zero-order valence-electron chi connectivity index (χ0n) is 15.8. The van der Waals surface area contributed by atoms with E-state index in [1.807, 2.05) is 19.1 Å². The summed E-state index contributed by atoms with van der Waals surface area (Å²) in [5.41, 5.74) is 6.29. The molecule has 0 aliphatic rings.